The lowest BCUT2D eigenvalue weighted by molar-refractivity contribution is -0.145. The first-order chi connectivity index (χ1) is 14.0. The smallest absolute Gasteiger partial charge is 0.453 e. The van der Waals surface area contributed by atoms with Crippen molar-refractivity contribution in [2.45, 2.75) is 46.4 Å². The number of amides is 1. The highest BCUT2D eigenvalue weighted by molar-refractivity contribution is 7.13. The zero-order valence-electron chi connectivity index (χ0n) is 16.2. The Morgan fingerprint density at radius 2 is 1.97 bits per heavy atom. The number of nitrogens with zero attached hydrogens (tertiary/aromatic N) is 5. The number of carbonyl (C=O) groups is 2. The van der Waals surface area contributed by atoms with E-state index in [-0.39, 0.29) is 31.1 Å². The number of aryl methyl sites for hydroxylation is 2. The lowest BCUT2D eigenvalue weighted by Gasteiger charge is -2.10. The molecule has 3 aromatic rings. The van der Waals surface area contributed by atoms with Gasteiger partial charge in [-0.25, -0.2) is 14.5 Å². The SMILES string of the molecule is CC(=O)Nc1nc(COC(=O)CCc2c(C)nc3nc(C(F)(F)F)nn3c2C)cs1. The average molecular weight is 442 g/mol. The van der Waals surface area contributed by atoms with Gasteiger partial charge in [0.2, 0.25) is 5.91 Å². The number of halogens is 3. The molecule has 9 nitrogen and oxygen atoms in total. The van der Waals surface area contributed by atoms with Crippen molar-refractivity contribution in [3.05, 3.63) is 33.8 Å². The van der Waals surface area contributed by atoms with E-state index in [1.54, 1.807) is 19.2 Å². The maximum absolute atomic E-state index is 12.8. The number of hydrogen-bond donors (Lipinski definition) is 1. The van der Waals surface area contributed by atoms with Gasteiger partial charge in [-0.3, -0.25) is 9.59 Å². The second-order valence-electron chi connectivity index (χ2n) is 6.39. The minimum absolute atomic E-state index is 0.00161. The van der Waals surface area contributed by atoms with Crippen LogP contribution in [0.3, 0.4) is 0 Å². The molecule has 3 heterocycles. The van der Waals surface area contributed by atoms with Crippen molar-refractivity contribution in [1.82, 2.24) is 24.6 Å². The van der Waals surface area contributed by atoms with E-state index in [0.717, 1.165) is 4.52 Å². The van der Waals surface area contributed by atoms with Crippen LogP contribution < -0.4 is 5.32 Å². The summed E-state index contributed by atoms with van der Waals surface area (Å²) in [6.07, 6.45) is -4.46. The number of hydrogen-bond acceptors (Lipinski definition) is 8. The molecule has 3 rings (SSSR count). The zero-order valence-corrected chi connectivity index (χ0v) is 17.0. The molecule has 3 aromatic heterocycles. The van der Waals surface area contributed by atoms with Crippen LogP contribution in [0.25, 0.3) is 5.78 Å². The highest BCUT2D eigenvalue weighted by Crippen LogP contribution is 2.27. The van der Waals surface area contributed by atoms with Gasteiger partial charge in [0, 0.05) is 30.1 Å². The summed E-state index contributed by atoms with van der Waals surface area (Å²) >= 11 is 1.21. The van der Waals surface area contributed by atoms with Crippen LogP contribution in [-0.2, 0) is 33.5 Å². The lowest BCUT2D eigenvalue weighted by Crippen LogP contribution is -2.11. The van der Waals surface area contributed by atoms with Gasteiger partial charge in [0.05, 0.1) is 5.69 Å². The predicted octanol–water partition coefficient (Wildman–Crippen LogP) is 2.85. The molecule has 13 heteroatoms. The fourth-order valence-corrected chi connectivity index (χ4v) is 3.47. The summed E-state index contributed by atoms with van der Waals surface area (Å²) in [6.45, 7) is 4.53. The third kappa shape index (κ3) is 4.90. The molecule has 0 atom stereocenters. The van der Waals surface area contributed by atoms with Crippen LogP contribution in [0, 0.1) is 13.8 Å². The first-order valence-electron chi connectivity index (χ1n) is 8.72. The number of ether oxygens (including phenoxy) is 1. The van der Waals surface area contributed by atoms with Crippen LogP contribution in [0.5, 0.6) is 0 Å². The standard InChI is InChI=1S/C17H17F3N6O3S/c1-8-12(9(2)26-15(21-8)24-14(25-26)17(18,19)20)4-5-13(28)29-6-11-7-30-16(23-11)22-10(3)27/h7H,4-6H2,1-3H3,(H,22,23,27). The Labute approximate surface area is 172 Å². The normalized spacial score (nSPS) is 11.7. The van der Waals surface area contributed by atoms with Gasteiger partial charge in [0.1, 0.15) is 6.61 Å². The largest absolute Gasteiger partial charge is 0.459 e. The van der Waals surface area contributed by atoms with Gasteiger partial charge >= 0.3 is 12.1 Å². The number of nitrogens with one attached hydrogen (secondary N) is 1. The van der Waals surface area contributed by atoms with Crippen LogP contribution in [0.4, 0.5) is 18.3 Å². The Morgan fingerprint density at radius 3 is 2.63 bits per heavy atom. The number of fused-ring (bicyclic) bond motifs is 1. The Kier molecular flexibility index (Phi) is 6.01. The van der Waals surface area contributed by atoms with Crippen molar-refractivity contribution in [3.63, 3.8) is 0 Å². The molecule has 0 aromatic carbocycles. The van der Waals surface area contributed by atoms with Crippen molar-refractivity contribution in [1.29, 1.82) is 0 Å². The summed E-state index contributed by atoms with van der Waals surface area (Å²) in [4.78, 5) is 34.7. The van der Waals surface area contributed by atoms with E-state index in [0.29, 0.717) is 27.8 Å². The summed E-state index contributed by atoms with van der Waals surface area (Å²) in [5, 5.41) is 8.08. The molecular formula is C17H17F3N6O3S. The van der Waals surface area contributed by atoms with E-state index >= 15 is 0 Å². The molecule has 0 radical (unpaired) electrons. The first-order valence-corrected chi connectivity index (χ1v) is 9.60. The summed E-state index contributed by atoms with van der Waals surface area (Å²) in [7, 11) is 0. The highest BCUT2D eigenvalue weighted by atomic mass is 32.1. The fraction of sp³-hybridized carbons (Fsp3) is 0.412. The lowest BCUT2D eigenvalue weighted by atomic mass is 10.1. The van der Waals surface area contributed by atoms with Gasteiger partial charge in [-0.15, -0.1) is 16.4 Å². The van der Waals surface area contributed by atoms with Crippen LogP contribution in [-0.4, -0.2) is 36.4 Å². The zero-order chi connectivity index (χ0) is 22.1. The van der Waals surface area contributed by atoms with E-state index in [4.69, 9.17) is 4.74 Å². The monoisotopic (exact) mass is 442 g/mol. The van der Waals surface area contributed by atoms with Gasteiger partial charge in [0.25, 0.3) is 11.6 Å². The molecule has 0 aliphatic carbocycles. The van der Waals surface area contributed by atoms with Crippen LogP contribution in [0.15, 0.2) is 5.38 Å². The van der Waals surface area contributed by atoms with E-state index in [2.05, 4.69) is 25.4 Å². The number of thiazole rings is 1. The topological polar surface area (TPSA) is 111 Å². The van der Waals surface area contributed by atoms with Crippen molar-refractivity contribution >= 4 is 34.1 Å². The summed E-state index contributed by atoms with van der Waals surface area (Å²) in [6, 6.07) is 0. The number of carbonyl (C=O) groups excluding carboxylic acids is 2. The summed E-state index contributed by atoms with van der Waals surface area (Å²) < 4.78 is 44.7. The Morgan fingerprint density at radius 1 is 1.23 bits per heavy atom. The molecule has 0 aliphatic rings. The second kappa shape index (κ2) is 8.34. The molecule has 160 valence electrons. The number of aromatic nitrogens is 5. The highest BCUT2D eigenvalue weighted by Gasteiger charge is 2.37. The number of alkyl halides is 3. The van der Waals surface area contributed by atoms with E-state index in [1.807, 2.05) is 0 Å². The first kappa shape index (κ1) is 21.6. The average Bonchev–Trinajstić information content (AvgIpc) is 3.26. The Balaban J connectivity index is 1.64. The van der Waals surface area contributed by atoms with Crippen LogP contribution in [0.1, 0.15) is 41.8 Å². The predicted molar refractivity (Wildman–Crippen MR) is 99.8 cm³/mol. The minimum atomic E-state index is -4.67. The molecule has 0 bridgehead atoms. The van der Waals surface area contributed by atoms with Gasteiger partial charge in [0.15, 0.2) is 5.13 Å². The molecule has 0 spiro atoms. The molecule has 0 unspecified atom stereocenters. The van der Waals surface area contributed by atoms with Crippen LogP contribution in [0.2, 0.25) is 0 Å². The molecule has 30 heavy (non-hydrogen) atoms. The van der Waals surface area contributed by atoms with E-state index in [9.17, 15) is 22.8 Å². The van der Waals surface area contributed by atoms with Gasteiger partial charge in [-0.05, 0) is 25.8 Å². The fourth-order valence-electron chi connectivity index (χ4n) is 2.73. The molecule has 1 amide bonds. The molecule has 1 N–H and O–H groups in total. The maximum Gasteiger partial charge on any atom is 0.453 e. The molecule has 0 saturated heterocycles. The van der Waals surface area contributed by atoms with Gasteiger partial charge in [-0.2, -0.15) is 18.2 Å². The van der Waals surface area contributed by atoms with E-state index < -0.39 is 18.0 Å². The van der Waals surface area contributed by atoms with Gasteiger partial charge in [-0.1, -0.05) is 0 Å². The van der Waals surface area contributed by atoms with Crippen molar-refractivity contribution in [3.8, 4) is 0 Å². The van der Waals surface area contributed by atoms with Crippen molar-refractivity contribution in [2.24, 2.45) is 0 Å². The summed E-state index contributed by atoms with van der Waals surface area (Å²) in [5.41, 5.74) is 1.98. The van der Waals surface area contributed by atoms with Crippen LogP contribution >= 0.6 is 11.3 Å². The molecular weight excluding hydrogens is 425 g/mol. The third-order valence-electron chi connectivity index (χ3n) is 4.10. The molecule has 0 fully saturated rings. The number of rotatable bonds is 6. The van der Waals surface area contributed by atoms with E-state index in [1.165, 1.54) is 18.3 Å². The Bertz CT molecular complexity index is 1110. The minimum Gasteiger partial charge on any atom is -0.459 e. The third-order valence-corrected chi connectivity index (χ3v) is 4.90. The quantitative estimate of drug-likeness (QED) is 0.584. The second-order valence-corrected chi connectivity index (χ2v) is 7.25. The maximum atomic E-state index is 12.8. The van der Waals surface area contributed by atoms with Crippen molar-refractivity contribution < 1.29 is 27.5 Å². The van der Waals surface area contributed by atoms with Gasteiger partial charge < -0.3 is 10.1 Å². The molecule has 0 aliphatic heterocycles. The Hall–Kier alpha value is -3.09. The summed E-state index contributed by atoms with van der Waals surface area (Å²) in [5.74, 6) is -2.17. The molecule has 0 saturated carbocycles. The number of anilines is 1. The number of esters is 1. The van der Waals surface area contributed by atoms with Crippen molar-refractivity contribution in [2.75, 3.05) is 5.32 Å².